The van der Waals surface area contributed by atoms with E-state index in [-0.39, 0.29) is 29.8 Å². The molecule has 6 heteroatoms. The Morgan fingerprint density at radius 2 is 2.00 bits per heavy atom. The number of carbonyl (C=O) groups is 1. The van der Waals surface area contributed by atoms with E-state index in [1.165, 1.54) is 35.4 Å². The van der Waals surface area contributed by atoms with Crippen LogP contribution in [0.1, 0.15) is 28.5 Å². The zero-order valence-corrected chi connectivity index (χ0v) is 11.7. The Labute approximate surface area is 126 Å². The number of hydrogen-bond acceptors (Lipinski definition) is 4. The molecule has 3 rings (SSSR count). The van der Waals surface area contributed by atoms with Crippen molar-refractivity contribution in [3.05, 3.63) is 59.7 Å². The fraction of sp³-hybridized carbons (Fsp3) is 0.250. The highest BCUT2D eigenvalue weighted by Gasteiger charge is 2.36. The molecule has 2 N–H and O–H groups in total. The lowest BCUT2D eigenvalue weighted by Gasteiger charge is -2.24. The number of aromatic hydroxyl groups is 1. The average Bonchev–Trinajstić information content (AvgIpc) is 2.90. The SMILES string of the molecule is O=C(c1ncccc1O)N1C[C@H](O)C[C@@H]1c1ccc(F)cc1. The molecule has 0 radical (unpaired) electrons. The molecule has 22 heavy (non-hydrogen) atoms. The summed E-state index contributed by atoms with van der Waals surface area (Å²) in [4.78, 5) is 17.9. The number of carbonyl (C=O) groups excluding carboxylic acids is 1. The van der Waals surface area contributed by atoms with Gasteiger partial charge in [0.15, 0.2) is 5.69 Å². The highest BCUT2D eigenvalue weighted by atomic mass is 19.1. The first kappa shape index (κ1) is 14.5. The lowest BCUT2D eigenvalue weighted by molar-refractivity contribution is 0.0706. The van der Waals surface area contributed by atoms with Crippen molar-refractivity contribution in [1.29, 1.82) is 0 Å². The van der Waals surface area contributed by atoms with E-state index in [2.05, 4.69) is 4.98 Å². The van der Waals surface area contributed by atoms with Gasteiger partial charge in [-0.25, -0.2) is 9.37 Å². The van der Waals surface area contributed by atoms with E-state index in [0.717, 1.165) is 5.56 Å². The van der Waals surface area contributed by atoms with Crippen molar-refractivity contribution < 1.29 is 19.4 Å². The predicted molar refractivity (Wildman–Crippen MR) is 76.7 cm³/mol. The number of pyridine rings is 1. The molecular formula is C16H15FN2O3. The summed E-state index contributed by atoms with van der Waals surface area (Å²) in [6.07, 6.45) is 1.13. The Hall–Kier alpha value is -2.47. The number of β-amino-alcohol motifs (C(OH)–C–C–N with tert-alkyl or cyclic N) is 1. The van der Waals surface area contributed by atoms with Crippen LogP contribution in [0.25, 0.3) is 0 Å². The molecule has 114 valence electrons. The number of nitrogens with zero attached hydrogens (tertiary/aromatic N) is 2. The molecule has 0 unspecified atom stereocenters. The molecule has 0 aliphatic carbocycles. The molecule has 1 aliphatic heterocycles. The lowest BCUT2D eigenvalue weighted by Crippen LogP contribution is -2.32. The highest BCUT2D eigenvalue weighted by Crippen LogP contribution is 2.34. The number of amides is 1. The van der Waals surface area contributed by atoms with Crippen LogP contribution in [0.4, 0.5) is 4.39 Å². The third kappa shape index (κ3) is 2.65. The quantitative estimate of drug-likeness (QED) is 0.888. The van der Waals surface area contributed by atoms with Gasteiger partial charge in [0.05, 0.1) is 12.1 Å². The fourth-order valence-electron chi connectivity index (χ4n) is 2.74. The number of halogens is 1. The van der Waals surface area contributed by atoms with Gasteiger partial charge in [0.25, 0.3) is 5.91 Å². The second kappa shape index (κ2) is 5.73. The van der Waals surface area contributed by atoms with Gasteiger partial charge >= 0.3 is 0 Å². The molecule has 5 nitrogen and oxygen atoms in total. The van der Waals surface area contributed by atoms with Crippen molar-refractivity contribution in [3.63, 3.8) is 0 Å². The maximum absolute atomic E-state index is 13.1. The predicted octanol–water partition coefficient (Wildman–Crippen LogP) is 1.87. The number of aliphatic hydroxyl groups excluding tert-OH is 1. The number of rotatable bonds is 2. The minimum Gasteiger partial charge on any atom is -0.505 e. The molecule has 1 aromatic heterocycles. The third-order valence-electron chi connectivity index (χ3n) is 3.78. The van der Waals surface area contributed by atoms with Gasteiger partial charge in [-0.2, -0.15) is 0 Å². The normalized spacial score (nSPS) is 21.1. The van der Waals surface area contributed by atoms with Crippen LogP contribution in [0.2, 0.25) is 0 Å². The van der Waals surface area contributed by atoms with Crippen LogP contribution in [0.15, 0.2) is 42.6 Å². The standard InChI is InChI=1S/C16H15FN2O3/c17-11-5-3-10(4-6-11)13-8-12(20)9-19(13)16(22)15-14(21)2-1-7-18-15/h1-7,12-13,20-21H,8-9H2/t12-,13-/m1/s1. The lowest BCUT2D eigenvalue weighted by atomic mass is 10.0. The van der Waals surface area contributed by atoms with Crippen molar-refractivity contribution in [2.45, 2.75) is 18.6 Å². The summed E-state index contributed by atoms with van der Waals surface area (Å²) in [7, 11) is 0. The Bertz CT molecular complexity index is 690. The number of likely N-dealkylation sites (tertiary alicyclic amines) is 1. The molecule has 0 bridgehead atoms. The summed E-state index contributed by atoms with van der Waals surface area (Å²) in [5.41, 5.74) is 0.686. The number of hydrogen-bond donors (Lipinski definition) is 2. The molecule has 2 heterocycles. The monoisotopic (exact) mass is 302 g/mol. The Kier molecular flexibility index (Phi) is 3.77. The summed E-state index contributed by atoms with van der Waals surface area (Å²) >= 11 is 0. The van der Waals surface area contributed by atoms with Crippen molar-refractivity contribution >= 4 is 5.91 Å². The maximum Gasteiger partial charge on any atom is 0.276 e. The minimum atomic E-state index is -0.662. The van der Waals surface area contributed by atoms with E-state index in [9.17, 15) is 19.4 Å². The molecule has 1 fully saturated rings. The molecule has 0 spiro atoms. The fourth-order valence-corrected chi connectivity index (χ4v) is 2.74. The van der Waals surface area contributed by atoms with Crippen LogP contribution in [-0.2, 0) is 0 Å². The van der Waals surface area contributed by atoms with Crippen LogP contribution in [-0.4, -0.2) is 38.7 Å². The first-order chi connectivity index (χ1) is 10.6. The molecule has 2 atom stereocenters. The van der Waals surface area contributed by atoms with Gasteiger partial charge in [-0.1, -0.05) is 12.1 Å². The van der Waals surface area contributed by atoms with Crippen LogP contribution in [0.3, 0.4) is 0 Å². The minimum absolute atomic E-state index is 0.0521. The van der Waals surface area contributed by atoms with E-state index in [1.807, 2.05) is 0 Å². The topological polar surface area (TPSA) is 73.7 Å². The summed E-state index contributed by atoms with van der Waals surface area (Å²) < 4.78 is 13.1. The van der Waals surface area contributed by atoms with Crippen molar-refractivity contribution in [3.8, 4) is 5.75 Å². The molecule has 1 amide bonds. The van der Waals surface area contributed by atoms with E-state index >= 15 is 0 Å². The highest BCUT2D eigenvalue weighted by molar-refractivity contribution is 5.95. The third-order valence-corrected chi connectivity index (χ3v) is 3.78. The smallest absolute Gasteiger partial charge is 0.276 e. The molecule has 1 saturated heterocycles. The summed E-state index contributed by atoms with van der Waals surface area (Å²) in [5, 5.41) is 19.7. The van der Waals surface area contributed by atoms with Crippen LogP contribution in [0, 0.1) is 5.82 Å². The van der Waals surface area contributed by atoms with Gasteiger partial charge in [0.2, 0.25) is 0 Å². The largest absolute Gasteiger partial charge is 0.505 e. The molecular weight excluding hydrogens is 287 g/mol. The van der Waals surface area contributed by atoms with Gasteiger partial charge in [0, 0.05) is 12.7 Å². The summed E-state index contributed by atoms with van der Waals surface area (Å²) in [6.45, 7) is 0.150. The summed E-state index contributed by atoms with van der Waals surface area (Å²) in [6, 6.07) is 8.38. The maximum atomic E-state index is 13.1. The van der Waals surface area contributed by atoms with Gasteiger partial charge < -0.3 is 15.1 Å². The molecule has 2 aromatic rings. The van der Waals surface area contributed by atoms with E-state index in [0.29, 0.717) is 6.42 Å². The van der Waals surface area contributed by atoms with Gasteiger partial charge in [-0.15, -0.1) is 0 Å². The zero-order chi connectivity index (χ0) is 15.7. The number of aromatic nitrogens is 1. The Morgan fingerprint density at radius 1 is 1.27 bits per heavy atom. The van der Waals surface area contributed by atoms with Crippen molar-refractivity contribution in [2.75, 3.05) is 6.54 Å². The Morgan fingerprint density at radius 3 is 2.68 bits per heavy atom. The number of benzene rings is 1. The first-order valence-electron chi connectivity index (χ1n) is 6.94. The zero-order valence-electron chi connectivity index (χ0n) is 11.7. The van der Waals surface area contributed by atoms with E-state index in [1.54, 1.807) is 12.1 Å². The second-order valence-electron chi connectivity index (χ2n) is 5.29. The van der Waals surface area contributed by atoms with Crippen LogP contribution >= 0.6 is 0 Å². The summed E-state index contributed by atoms with van der Waals surface area (Å²) in [5.74, 6) is -1.02. The van der Waals surface area contributed by atoms with Crippen LogP contribution < -0.4 is 0 Å². The molecule has 1 aromatic carbocycles. The van der Waals surface area contributed by atoms with Crippen molar-refractivity contribution in [1.82, 2.24) is 9.88 Å². The number of aliphatic hydroxyl groups is 1. The van der Waals surface area contributed by atoms with Crippen molar-refractivity contribution in [2.24, 2.45) is 0 Å². The first-order valence-corrected chi connectivity index (χ1v) is 6.94. The van der Waals surface area contributed by atoms with Gasteiger partial charge in [0.1, 0.15) is 11.6 Å². The second-order valence-corrected chi connectivity index (χ2v) is 5.29. The average molecular weight is 302 g/mol. The van der Waals surface area contributed by atoms with E-state index in [4.69, 9.17) is 0 Å². The Balaban J connectivity index is 1.92. The molecule has 0 saturated carbocycles. The molecule has 1 aliphatic rings. The van der Waals surface area contributed by atoms with Crippen LogP contribution in [0.5, 0.6) is 5.75 Å². The van der Waals surface area contributed by atoms with Gasteiger partial charge in [-0.3, -0.25) is 4.79 Å². The van der Waals surface area contributed by atoms with Gasteiger partial charge in [-0.05, 0) is 36.2 Å². The van der Waals surface area contributed by atoms with E-state index < -0.39 is 12.0 Å².